The average Bonchev–Trinajstić information content (AvgIpc) is 3.23. The van der Waals surface area contributed by atoms with Crippen molar-refractivity contribution in [1.29, 1.82) is 0 Å². The molecule has 0 fully saturated rings. The van der Waals surface area contributed by atoms with E-state index in [2.05, 4.69) is 26.2 Å². The van der Waals surface area contributed by atoms with Crippen LogP contribution in [0.3, 0.4) is 0 Å². The minimum absolute atomic E-state index is 0.0521. The third kappa shape index (κ3) is 5.57. The van der Waals surface area contributed by atoms with Crippen LogP contribution in [0, 0.1) is 11.6 Å². The number of benzene rings is 1. The highest BCUT2D eigenvalue weighted by Gasteiger charge is 2.14. The Bertz CT molecular complexity index is 945. The largest absolute Gasteiger partial charge is 0.488 e. The van der Waals surface area contributed by atoms with Crippen LogP contribution >= 0.6 is 38.6 Å². The van der Waals surface area contributed by atoms with E-state index >= 15 is 0 Å². The SMILES string of the molecule is CC(COc1ccc(F)cc1F)NC(=O)Cc1csc(-c2cc(Br)cs2)n1. The van der Waals surface area contributed by atoms with Gasteiger partial charge in [0.05, 0.1) is 23.0 Å². The van der Waals surface area contributed by atoms with Gasteiger partial charge >= 0.3 is 0 Å². The second-order valence-corrected chi connectivity index (χ2v) is 8.49. The summed E-state index contributed by atoms with van der Waals surface area (Å²) in [5.41, 5.74) is 0.690. The molecule has 0 aliphatic rings. The third-order valence-electron chi connectivity index (χ3n) is 3.46. The normalized spacial score (nSPS) is 12.0. The molecule has 2 heterocycles. The highest BCUT2D eigenvalue weighted by atomic mass is 79.9. The standard InChI is InChI=1S/C18H15BrF2N2O2S2/c1-10(7-25-15-3-2-12(20)5-14(15)21)22-17(24)6-13-9-27-18(23-13)16-4-11(19)8-26-16/h2-5,8-10H,6-7H2,1H3,(H,22,24). The Morgan fingerprint density at radius 2 is 2.11 bits per heavy atom. The Kier molecular flexibility index (Phi) is 6.56. The first-order valence-electron chi connectivity index (χ1n) is 7.96. The molecule has 0 bridgehead atoms. The van der Waals surface area contributed by atoms with Crippen molar-refractivity contribution in [3.8, 4) is 15.6 Å². The van der Waals surface area contributed by atoms with Gasteiger partial charge in [-0.3, -0.25) is 4.79 Å². The number of ether oxygens (including phenoxy) is 1. The molecule has 2 aromatic heterocycles. The second kappa shape index (κ2) is 8.90. The number of halogens is 3. The van der Waals surface area contributed by atoms with Crippen molar-refractivity contribution in [3.05, 3.63) is 56.8 Å². The molecule has 1 amide bonds. The van der Waals surface area contributed by atoms with Gasteiger partial charge in [-0.1, -0.05) is 0 Å². The summed E-state index contributed by atoms with van der Waals surface area (Å²) < 4.78 is 32.7. The Labute approximate surface area is 171 Å². The number of aromatic nitrogens is 1. The van der Waals surface area contributed by atoms with Crippen molar-refractivity contribution in [2.24, 2.45) is 0 Å². The second-order valence-electron chi connectivity index (χ2n) is 5.80. The maximum atomic E-state index is 13.5. The van der Waals surface area contributed by atoms with Gasteiger partial charge in [-0.15, -0.1) is 22.7 Å². The van der Waals surface area contributed by atoms with Gasteiger partial charge in [0.2, 0.25) is 5.91 Å². The molecule has 1 N–H and O–H groups in total. The van der Waals surface area contributed by atoms with E-state index in [0.717, 1.165) is 26.5 Å². The van der Waals surface area contributed by atoms with E-state index < -0.39 is 11.6 Å². The lowest BCUT2D eigenvalue weighted by Crippen LogP contribution is -2.37. The topological polar surface area (TPSA) is 51.2 Å². The minimum atomic E-state index is -0.774. The lowest BCUT2D eigenvalue weighted by Gasteiger charge is -2.15. The van der Waals surface area contributed by atoms with Gasteiger partial charge in [-0.2, -0.15) is 0 Å². The van der Waals surface area contributed by atoms with Gasteiger partial charge in [0.25, 0.3) is 0 Å². The number of rotatable bonds is 7. The maximum absolute atomic E-state index is 13.5. The van der Waals surface area contributed by atoms with Crippen LogP contribution in [0.5, 0.6) is 5.75 Å². The van der Waals surface area contributed by atoms with Crippen molar-refractivity contribution in [2.45, 2.75) is 19.4 Å². The molecule has 9 heteroatoms. The Balaban J connectivity index is 1.49. The van der Waals surface area contributed by atoms with Gasteiger partial charge in [0, 0.05) is 21.3 Å². The van der Waals surface area contributed by atoms with Gasteiger partial charge < -0.3 is 10.1 Å². The van der Waals surface area contributed by atoms with Gasteiger partial charge in [0.1, 0.15) is 17.4 Å². The molecular weight excluding hydrogens is 458 g/mol. The Hall–Kier alpha value is -1.84. The summed E-state index contributed by atoms with van der Waals surface area (Å²) in [4.78, 5) is 17.7. The van der Waals surface area contributed by atoms with Crippen molar-refractivity contribution in [3.63, 3.8) is 0 Å². The van der Waals surface area contributed by atoms with E-state index in [0.29, 0.717) is 5.69 Å². The van der Waals surface area contributed by atoms with Crippen molar-refractivity contribution in [1.82, 2.24) is 10.3 Å². The number of thiazole rings is 1. The fraction of sp³-hybridized carbons (Fsp3) is 0.222. The number of hydrogen-bond acceptors (Lipinski definition) is 5. The van der Waals surface area contributed by atoms with Gasteiger partial charge in [-0.25, -0.2) is 13.8 Å². The summed E-state index contributed by atoms with van der Waals surface area (Å²) in [6, 6.07) is 4.74. The zero-order valence-corrected chi connectivity index (χ0v) is 17.4. The summed E-state index contributed by atoms with van der Waals surface area (Å²) >= 11 is 6.48. The summed E-state index contributed by atoms with van der Waals surface area (Å²) in [5, 5.41) is 7.49. The predicted octanol–water partition coefficient (Wildman–Crippen LogP) is 5.04. The average molecular weight is 473 g/mol. The highest BCUT2D eigenvalue weighted by Crippen LogP contribution is 2.32. The summed E-state index contributed by atoms with van der Waals surface area (Å²) in [7, 11) is 0. The third-order valence-corrected chi connectivity index (χ3v) is 6.21. The molecule has 0 spiro atoms. The van der Waals surface area contributed by atoms with Crippen LogP contribution in [0.25, 0.3) is 9.88 Å². The van der Waals surface area contributed by atoms with E-state index in [1.807, 2.05) is 16.8 Å². The molecule has 0 radical (unpaired) electrons. The molecule has 0 aliphatic carbocycles. The summed E-state index contributed by atoms with van der Waals surface area (Å²) in [5.74, 6) is -1.69. The van der Waals surface area contributed by atoms with Crippen LogP contribution in [0.2, 0.25) is 0 Å². The molecule has 27 heavy (non-hydrogen) atoms. The predicted molar refractivity (Wildman–Crippen MR) is 106 cm³/mol. The van der Waals surface area contributed by atoms with Crippen LogP contribution in [0.1, 0.15) is 12.6 Å². The monoisotopic (exact) mass is 472 g/mol. The van der Waals surface area contributed by atoms with Gasteiger partial charge in [0.15, 0.2) is 11.6 Å². The summed E-state index contributed by atoms with van der Waals surface area (Å²) in [6.07, 6.45) is 0.151. The number of hydrogen-bond donors (Lipinski definition) is 1. The lowest BCUT2D eigenvalue weighted by molar-refractivity contribution is -0.121. The van der Waals surface area contributed by atoms with E-state index in [4.69, 9.17) is 4.74 Å². The Morgan fingerprint density at radius 1 is 1.30 bits per heavy atom. The van der Waals surface area contributed by atoms with E-state index in [1.165, 1.54) is 17.4 Å². The van der Waals surface area contributed by atoms with E-state index in [9.17, 15) is 13.6 Å². The molecule has 1 unspecified atom stereocenters. The highest BCUT2D eigenvalue weighted by molar-refractivity contribution is 9.10. The smallest absolute Gasteiger partial charge is 0.226 e. The molecule has 3 rings (SSSR count). The number of amides is 1. The maximum Gasteiger partial charge on any atom is 0.226 e. The quantitative estimate of drug-likeness (QED) is 0.523. The molecule has 1 aromatic carbocycles. The lowest BCUT2D eigenvalue weighted by atomic mass is 10.3. The first-order valence-corrected chi connectivity index (χ1v) is 10.5. The zero-order chi connectivity index (χ0) is 19.4. The molecule has 0 saturated heterocycles. The molecule has 1 atom stereocenters. The van der Waals surface area contributed by atoms with Crippen molar-refractivity contribution < 1.29 is 18.3 Å². The number of thiophene rings is 1. The first-order chi connectivity index (χ1) is 12.9. The molecule has 4 nitrogen and oxygen atoms in total. The van der Waals surface area contributed by atoms with Gasteiger partial charge in [-0.05, 0) is 41.1 Å². The number of nitrogens with one attached hydrogen (secondary N) is 1. The van der Waals surface area contributed by atoms with Crippen molar-refractivity contribution >= 4 is 44.5 Å². The van der Waals surface area contributed by atoms with Crippen LogP contribution < -0.4 is 10.1 Å². The molecule has 0 aliphatic heterocycles. The zero-order valence-electron chi connectivity index (χ0n) is 14.2. The van der Waals surface area contributed by atoms with Crippen LogP contribution in [0.4, 0.5) is 8.78 Å². The summed E-state index contributed by atoms with van der Waals surface area (Å²) in [6.45, 7) is 1.81. The number of carbonyl (C=O) groups is 1. The molecule has 3 aromatic rings. The number of carbonyl (C=O) groups excluding carboxylic acids is 1. The molecule has 142 valence electrons. The van der Waals surface area contributed by atoms with E-state index in [1.54, 1.807) is 18.3 Å². The molecule has 0 saturated carbocycles. The minimum Gasteiger partial charge on any atom is -0.488 e. The fourth-order valence-corrected chi connectivity index (χ4v) is 4.59. The van der Waals surface area contributed by atoms with Crippen LogP contribution in [-0.2, 0) is 11.2 Å². The first kappa shape index (κ1) is 19.9. The Morgan fingerprint density at radius 3 is 2.81 bits per heavy atom. The van der Waals surface area contributed by atoms with Crippen LogP contribution in [0.15, 0.2) is 39.5 Å². The van der Waals surface area contributed by atoms with Crippen molar-refractivity contribution in [2.75, 3.05) is 6.61 Å². The fourth-order valence-electron chi connectivity index (χ4n) is 2.27. The number of nitrogens with zero attached hydrogens (tertiary/aromatic N) is 1. The molecular formula is C18H15BrF2N2O2S2. The van der Waals surface area contributed by atoms with E-state index in [-0.39, 0.29) is 30.7 Å². The van der Waals surface area contributed by atoms with Crippen LogP contribution in [-0.4, -0.2) is 23.5 Å².